The molecule has 1 N–H and O–H groups in total. The number of benzene rings is 2. The number of hydrogen-bond acceptors (Lipinski definition) is 4. The second-order valence-corrected chi connectivity index (χ2v) is 6.81. The van der Waals surface area contributed by atoms with Crippen molar-refractivity contribution in [3.8, 4) is 5.75 Å². The number of alkyl halides is 3. The maximum absolute atomic E-state index is 13.6. The van der Waals surface area contributed by atoms with Crippen LogP contribution in [0.25, 0.3) is 0 Å². The molecule has 0 bridgehead atoms. The molecule has 0 saturated carbocycles. The molecule has 0 spiro atoms. The van der Waals surface area contributed by atoms with E-state index in [0.29, 0.717) is 15.8 Å². The molecule has 5 nitrogen and oxygen atoms in total. The van der Waals surface area contributed by atoms with E-state index in [9.17, 15) is 23.1 Å². The van der Waals surface area contributed by atoms with Gasteiger partial charge in [0, 0.05) is 10.0 Å². The van der Waals surface area contributed by atoms with Gasteiger partial charge in [-0.05, 0) is 35.9 Å². The van der Waals surface area contributed by atoms with E-state index < -0.39 is 24.2 Å². The molecule has 2 aromatic carbocycles. The quantitative estimate of drug-likeness (QED) is 0.782. The van der Waals surface area contributed by atoms with Crippen LogP contribution in [0.3, 0.4) is 0 Å². The minimum Gasteiger partial charge on any atom is -0.497 e. The van der Waals surface area contributed by atoms with Gasteiger partial charge in [0.25, 0.3) is 11.6 Å². The Hall–Kier alpha value is -2.39. The van der Waals surface area contributed by atoms with Gasteiger partial charge in [-0.25, -0.2) is 0 Å². The molecule has 142 valence electrons. The Morgan fingerprint density at radius 1 is 1.26 bits per heavy atom. The summed E-state index contributed by atoms with van der Waals surface area (Å²) in [6.07, 6.45) is -5.97. The van der Waals surface area contributed by atoms with Crippen molar-refractivity contribution < 1.29 is 27.8 Å². The third-order valence-electron chi connectivity index (χ3n) is 4.11. The highest BCUT2D eigenvalue weighted by atomic mass is 79.9. The van der Waals surface area contributed by atoms with Gasteiger partial charge < -0.3 is 9.84 Å². The lowest BCUT2D eigenvalue weighted by Gasteiger charge is -2.32. The lowest BCUT2D eigenvalue weighted by Crippen LogP contribution is -2.56. The van der Waals surface area contributed by atoms with Gasteiger partial charge in [-0.15, -0.1) is 0 Å². The molecule has 3 rings (SSSR count). The first-order valence-electron chi connectivity index (χ1n) is 7.77. The van der Waals surface area contributed by atoms with Gasteiger partial charge in [0.1, 0.15) is 5.75 Å². The summed E-state index contributed by atoms with van der Waals surface area (Å²) in [5.41, 5.74) is -3.21. The van der Waals surface area contributed by atoms with Crippen LogP contribution in [-0.2, 0) is 0 Å². The average Bonchev–Trinajstić information content (AvgIpc) is 3.00. The highest BCUT2D eigenvalue weighted by Crippen LogP contribution is 2.42. The van der Waals surface area contributed by atoms with E-state index in [1.807, 2.05) is 0 Å². The van der Waals surface area contributed by atoms with Gasteiger partial charge in [0.15, 0.2) is 0 Å². The summed E-state index contributed by atoms with van der Waals surface area (Å²) in [5, 5.41) is 14.3. The second-order valence-electron chi connectivity index (χ2n) is 5.90. The molecule has 1 amide bonds. The standard InChI is InChI=1S/C18H14BrF3N2O3/c1-27-14-7-3-5-12(9-14)16(25)24-17(26,18(20,21)22)10-15(23-24)11-4-2-6-13(19)8-11/h2-9,26H,10H2,1H3/t17-/m0/s1. The molecule has 0 saturated heterocycles. The van der Waals surface area contributed by atoms with Crippen molar-refractivity contribution >= 4 is 27.5 Å². The number of rotatable bonds is 3. The molecular weight excluding hydrogens is 429 g/mol. The van der Waals surface area contributed by atoms with E-state index in [0.717, 1.165) is 0 Å². The van der Waals surface area contributed by atoms with Gasteiger partial charge in [-0.1, -0.05) is 34.1 Å². The van der Waals surface area contributed by atoms with E-state index in [4.69, 9.17) is 4.74 Å². The topological polar surface area (TPSA) is 62.1 Å². The average molecular weight is 443 g/mol. The third kappa shape index (κ3) is 3.57. The van der Waals surface area contributed by atoms with Crippen LogP contribution in [-0.4, -0.2) is 40.7 Å². The molecule has 0 fully saturated rings. The van der Waals surface area contributed by atoms with Crippen LogP contribution in [0, 0.1) is 0 Å². The summed E-state index contributed by atoms with van der Waals surface area (Å²) >= 11 is 3.24. The van der Waals surface area contributed by atoms with Crippen LogP contribution < -0.4 is 4.74 Å². The molecule has 0 aromatic heterocycles. The maximum atomic E-state index is 13.6. The molecule has 1 aliphatic heterocycles. The van der Waals surface area contributed by atoms with Crippen LogP contribution in [0.2, 0.25) is 0 Å². The number of amides is 1. The predicted molar refractivity (Wildman–Crippen MR) is 95.5 cm³/mol. The SMILES string of the molecule is COc1cccc(C(=O)N2N=C(c3cccc(Br)c3)C[C@]2(O)C(F)(F)F)c1. The fourth-order valence-electron chi connectivity index (χ4n) is 2.69. The summed E-state index contributed by atoms with van der Waals surface area (Å²) < 4.78 is 46.5. The Morgan fingerprint density at radius 2 is 1.96 bits per heavy atom. The number of aliphatic hydroxyl groups is 1. The minimum absolute atomic E-state index is 0.0487. The van der Waals surface area contributed by atoms with Crippen molar-refractivity contribution in [3.63, 3.8) is 0 Å². The molecule has 9 heteroatoms. The van der Waals surface area contributed by atoms with Crippen LogP contribution in [0.4, 0.5) is 13.2 Å². The largest absolute Gasteiger partial charge is 0.497 e. The van der Waals surface area contributed by atoms with Crippen LogP contribution in [0.1, 0.15) is 22.3 Å². The Morgan fingerprint density at radius 3 is 2.59 bits per heavy atom. The summed E-state index contributed by atoms with van der Waals surface area (Å²) in [5.74, 6) is -0.787. The zero-order valence-electron chi connectivity index (χ0n) is 14.0. The zero-order chi connectivity index (χ0) is 19.8. The van der Waals surface area contributed by atoms with Gasteiger partial charge in [-0.3, -0.25) is 4.79 Å². The molecule has 27 heavy (non-hydrogen) atoms. The Kier molecular flexibility index (Phi) is 5.00. The molecule has 1 heterocycles. The summed E-state index contributed by atoms with van der Waals surface area (Å²) in [6, 6.07) is 12.1. The first kappa shape index (κ1) is 19.4. The van der Waals surface area contributed by atoms with Gasteiger partial charge >= 0.3 is 6.18 Å². The molecule has 0 unspecified atom stereocenters. The van der Waals surface area contributed by atoms with Crippen molar-refractivity contribution in [2.75, 3.05) is 7.11 Å². The van der Waals surface area contributed by atoms with E-state index in [1.54, 1.807) is 30.3 Å². The molecule has 0 aliphatic carbocycles. The fraction of sp³-hybridized carbons (Fsp3) is 0.222. The maximum Gasteiger partial charge on any atom is 0.438 e. The summed E-state index contributed by atoms with van der Waals surface area (Å²) in [4.78, 5) is 12.7. The molecular formula is C18H14BrF3N2O3. The number of carbonyl (C=O) groups excluding carboxylic acids is 1. The van der Waals surface area contributed by atoms with Crippen molar-refractivity contribution in [2.45, 2.75) is 18.3 Å². The van der Waals surface area contributed by atoms with Crippen molar-refractivity contribution in [1.82, 2.24) is 5.01 Å². The first-order chi connectivity index (χ1) is 12.7. The summed E-state index contributed by atoms with van der Waals surface area (Å²) in [7, 11) is 1.37. The first-order valence-corrected chi connectivity index (χ1v) is 8.56. The zero-order valence-corrected chi connectivity index (χ0v) is 15.6. The number of carbonyl (C=O) groups is 1. The van der Waals surface area contributed by atoms with Crippen LogP contribution in [0.5, 0.6) is 5.75 Å². The lowest BCUT2D eigenvalue weighted by molar-refractivity contribution is -0.297. The van der Waals surface area contributed by atoms with Crippen LogP contribution in [0.15, 0.2) is 58.1 Å². The Labute approximate surface area is 161 Å². The van der Waals surface area contributed by atoms with E-state index >= 15 is 0 Å². The number of hydrogen-bond donors (Lipinski definition) is 1. The fourth-order valence-corrected chi connectivity index (χ4v) is 3.09. The number of methoxy groups -OCH3 is 1. The predicted octanol–water partition coefficient (Wildman–Crippen LogP) is 3.96. The van der Waals surface area contributed by atoms with E-state index in [-0.39, 0.29) is 16.3 Å². The van der Waals surface area contributed by atoms with Crippen molar-refractivity contribution in [3.05, 3.63) is 64.1 Å². The van der Waals surface area contributed by atoms with Crippen molar-refractivity contribution in [1.29, 1.82) is 0 Å². The highest BCUT2D eigenvalue weighted by molar-refractivity contribution is 9.10. The number of hydrazone groups is 1. The molecule has 1 atom stereocenters. The molecule has 0 radical (unpaired) electrons. The Bertz CT molecular complexity index is 917. The smallest absolute Gasteiger partial charge is 0.438 e. The summed E-state index contributed by atoms with van der Waals surface area (Å²) in [6.45, 7) is 0. The normalized spacial score (nSPS) is 19.8. The van der Waals surface area contributed by atoms with Gasteiger partial charge in [-0.2, -0.15) is 23.3 Å². The van der Waals surface area contributed by atoms with Gasteiger partial charge in [0.05, 0.1) is 19.2 Å². The third-order valence-corrected chi connectivity index (χ3v) is 4.60. The monoisotopic (exact) mass is 442 g/mol. The van der Waals surface area contributed by atoms with E-state index in [1.165, 1.54) is 25.3 Å². The minimum atomic E-state index is -5.10. The number of nitrogens with zero attached hydrogens (tertiary/aromatic N) is 2. The lowest BCUT2D eigenvalue weighted by atomic mass is 10.0. The van der Waals surface area contributed by atoms with Gasteiger partial charge in [0.2, 0.25) is 0 Å². The van der Waals surface area contributed by atoms with Crippen LogP contribution >= 0.6 is 15.9 Å². The van der Waals surface area contributed by atoms with E-state index in [2.05, 4.69) is 21.0 Å². The second kappa shape index (κ2) is 6.97. The number of halogens is 4. The number of ether oxygens (including phenoxy) is 1. The van der Waals surface area contributed by atoms with Crippen molar-refractivity contribution in [2.24, 2.45) is 5.10 Å². The Balaban J connectivity index is 2.06. The molecule has 1 aliphatic rings. The molecule has 2 aromatic rings. The highest BCUT2D eigenvalue weighted by Gasteiger charge is 2.63.